The van der Waals surface area contributed by atoms with E-state index in [9.17, 15) is 4.79 Å². The first-order valence-electron chi connectivity index (χ1n) is 13.1. The van der Waals surface area contributed by atoms with Crippen molar-refractivity contribution in [3.63, 3.8) is 0 Å². The smallest absolute Gasteiger partial charge is 0.253 e. The number of hydrogen-bond acceptors (Lipinski definition) is 2. The van der Waals surface area contributed by atoms with Gasteiger partial charge < -0.3 is 9.80 Å². The zero-order valence-electron chi connectivity index (χ0n) is 21.6. The summed E-state index contributed by atoms with van der Waals surface area (Å²) in [5.41, 5.74) is 5.92. The average Bonchev–Trinajstić information content (AvgIpc) is 3.27. The number of carbonyl (C=O) groups excluding carboxylic acids is 1. The Bertz CT molecular complexity index is 1310. The number of rotatable bonds is 7. The molecular weight excluding hydrogens is 499 g/mol. The van der Waals surface area contributed by atoms with E-state index in [0.29, 0.717) is 16.6 Å². The van der Waals surface area contributed by atoms with Gasteiger partial charge in [0.05, 0.1) is 10.0 Å². The summed E-state index contributed by atoms with van der Waals surface area (Å²) in [5.74, 6) is 0.213. The van der Waals surface area contributed by atoms with E-state index in [-0.39, 0.29) is 17.2 Å². The number of nitrogens with zero attached hydrogens (tertiary/aromatic N) is 2. The lowest BCUT2D eigenvalue weighted by Gasteiger charge is -2.40. The lowest BCUT2D eigenvalue weighted by molar-refractivity contribution is 0.0780. The molecule has 0 saturated carbocycles. The topological polar surface area (TPSA) is 23.6 Å². The Morgan fingerprint density at radius 2 is 1.73 bits per heavy atom. The predicted octanol–water partition coefficient (Wildman–Crippen LogP) is 7.61. The number of fused-ring (bicyclic) bond motifs is 2. The summed E-state index contributed by atoms with van der Waals surface area (Å²) in [4.78, 5) is 17.7. The van der Waals surface area contributed by atoms with Crippen molar-refractivity contribution in [3.05, 3.63) is 111 Å². The molecule has 192 valence electrons. The van der Waals surface area contributed by atoms with Crippen molar-refractivity contribution in [2.24, 2.45) is 0 Å². The molecule has 0 radical (unpaired) electrons. The summed E-state index contributed by atoms with van der Waals surface area (Å²) in [6.45, 7) is 5.74. The standard InChI is InChI=1S/C32H34Cl2N2O/c1-23-7-3-5-9-27(23)31(37)35(2)22-26(25-11-12-29(33)30(34)21-25)14-18-36-19-16-32(17-20-36)15-13-24-8-4-6-10-28(24)32/h3-13,15,21,26H,14,16-20,22H2,1-2H3/t26-/m1/s1. The number of likely N-dealkylation sites (tertiary alicyclic amines) is 1. The van der Waals surface area contributed by atoms with Crippen LogP contribution in [0.2, 0.25) is 10.0 Å². The number of allylic oxidation sites excluding steroid dienone is 1. The highest BCUT2D eigenvalue weighted by molar-refractivity contribution is 6.42. The predicted molar refractivity (Wildman–Crippen MR) is 155 cm³/mol. The molecule has 0 unspecified atom stereocenters. The van der Waals surface area contributed by atoms with Crippen LogP contribution in [0.1, 0.15) is 57.8 Å². The van der Waals surface area contributed by atoms with Crippen molar-refractivity contribution >= 4 is 35.2 Å². The van der Waals surface area contributed by atoms with Gasteiger partial charge in [-0.2, -0.15) is 0 Å². The fraction of sp³-hybridized carbons (Fsp3) is 0.344. The monoisotopic (exact) mass is 532 g/mol. The Morgan fingerprint density at radius 1 is 1.00 bits per heavy atom. The molecule has 1 atom stereocenters. The molecule has 3 nitrogen and oxygen atoms in total. The summed E-state index contributed by atoms with van der Waals surface area (Å²) in [6, 6.07) is 22.5. The summed E-state index contributed by atoms with van der Waals surface area (Å²) in [7, 11) is 1.90. The number of piperidine rings is 1. The van der Waals surface area contributed by atoms with Crippen LogP contribution in [0.4, 0.5) is 0 Å². The molecule has 0 aromatic heterocycles. The number of amides is 1. The van der Waals surface area contributed by atoms with Gasteiger partial charge in [0.25, 0.3) is 5.91 Å². The molecule has 1 aliphatic carbocycles. The van der Waals surface area contributed by atoms with Crippen molar-refractivity contribution in [3.8, 4) is 0 Å². The van der Waals surface area contributed by atoms with Gasteiger partial charge >= 0.3 is 0 Å². The van der Waals surface area contributed by atoms with Crippen LogP contribution in [0, 0.1) is 6.92 Å². The zero-order valence-corrected chi connectivity index (χ0v) is 23.1. The molecule has 3 aromatic carbocycles. The molecule has 1 spiro atoms. The molecule has 1 amide bonds. The minimum Gasteiger partial charge on any atom is -0.341 e. The number of benzene rings is 3. The molecule has 1 saturated heterocycles. The van der Waals surface area contributed by atoms with Crippen molar-refractivity contribution in [1.29, 1.82) is 0 Å². The Balaban J connectivity index is 1.27. The molecule has 0 N–H and O–H groups in total. The molecule has 2 aliphatic rings. The Hall–Kier alpha value is -2.59. The Labute approximate surface area is 230 Å². The summed E-state index contributed by atoms with van der Waals surface area (Å²) in [6.07, 6.45) is 7.96. The lowest BCUT2D eigenvalue weighted by atomic mass is 9.74. The van der Waals surface area contributed by atoms with Gasteiger partial charge in [-0.3, -0.25) is 4.79 Å². The van der Waals surface area contributed by atoms with E-state index in [4.69, 9.17) is 23.2 Å². The Morgan fingerprint density at radius 3 is 2.49 bits per heavy atom. The number of carbonyl (C=O) groups is 1. The molecule has 1 fully saturated rings. The van der Waals surface area contributed by atoms with Crippen LogP contribution in [0.3, 0.4) is 0 Å². The van der Waals surface area contributed by atoms with Gasteiger partial charge in [0.2, 0.25) is 0 Å². The Kier molecular flexibility index (Phi) is 7.76. The maximum Gasteiger partial charge on any atom is 0.253 e. The van der Waals surface area contributed by atoms with Crippen LogP contribution in [-0.2, 0) is 5.41 Å². The largest absolute Gasteiger partial charge is 0.341 e. The summed E-state index contributed by atoms with van der Waals surface area (Å²) >= 11 is 12.6. The molecule has 1 heterocycles. The SMILES string of the molecule is Cc1ccccc1C(=O)N(C)C[C@@H](CCN1CCC2(C=Cc3ccccc32)CC1)c1ccc(Cl)c(Cl)c1. The normalized spacial score (nSPS) is 17.1. The minimum atomic E-state index is 0.0507. The van der Waals surface area contributed by atoms with Gasteiger partial charge in [0, 0.05) is 30.5 Å². The maximum absolute atomic E-state index is 13.3. The van der Waals surface area contributed by atoms with Gasteiger partial charge in [-0.1, -0.05) is 83.9 Å². The van der Waals surface area contributed by atoms with E-state index in [1.54, 1.807) is 0 Å². The van der Waals surface area contributed by atoms with Crippen LogP contribution in [-0.4, -0.2) is 48.9 Å². The highest BCUT2D eigenvalue weighted by Gasteiger charge is 2.37. The van der Waals surface area contributed by atoms with Gasteiger partial charge in [-0.05, 0) is 86.3 Å². The van der Waals surface area contributed by atoms with Crippen LogP contribution in [0.5, 0.6) is 0 Å². The second-order valence-corrected chi connectivity index (χ2v) is 11.4. The van der Waals surface area contributed by atoms with E-state index in [1.165, 1.54) is 11.1 Å². The van der Waals surface area contributed by atoms with Crippen molar-refractivity contribution in [2.45, 2.75) is 37.5 Å². The number of aryl methyl sites for hydroxylation is 1. The van der Waals surface area contributed by atoms with E-state index < -0.39 is 0 Å². The first-order valence-corrected chi connectivity index (χ1v) is 13.9. The fourth-order valence-electron chi connectivity index (χ4n) is 5.95. The summed E-state index contributed by atoms with van der Waals surface area (Å²) < 4.78 is 0. The summed E-state index contributed by atoms with van der Waals surface area (Å²) in [5, 5.41) is 1.11. The molecule has 3 aromatic rings. The quantitative estimate of drug-likeness (QED) is 0.312. The third-order valence-electron chi connectivity index (χ3n) is 8.25. The third kappa shape index (κ3) is 5.50. The minimum absolute atomic E-state index is 0.0507. The molecule has 37 heavy (non-hydrogen) atoms. The third-order valence-corrected chi connectivity index (χ3v) is 8.99. The van der Waals surface area contributed by atoms with Crippen molar-refractivity contribution < 1.29 is 4.79 Å². The van der Waals surface area contributed by atoms with E-state index in [2.05, 4.69) is 47.4 Å². The van der Waals surface area contributed by atoms with E-state index in [1.807, 2.05) is 55.3 Å². The number of likely N-dealkylation sites (N-methyl/N-ethyl adjacent to an activating group) is 1. The van der Waals surface area contributed by atoms with Crippen molar-refractivity contribution in [2.75, 3.05) is 33.2 Å². The van der Waals surface area contributed by atoms with Gasteiger partial charge in [-0.15, -0.1) is 0 Å². The molecule has 5 heteroatoms. The van der Waals surface area contributed by atoms with Gasteiger partial charge in [0.1, 0.15) is 0 Å². The number of halogens is 2. The highest BCUT2D eigenvalue weighted by atomic mass is 35.5. The highest BCUT2D eigenvalue weighted by Crippen LogP contribution is 2.43. The maximum atomic E-state index is 13.3. The number of hydrogen-bond donors (Lipinski definition) is 0. The average molecular weight is 534 g/mol. The van der Waals surface area contributed by atoms with Crippen LogP contribution in [0.15, 0.2) is 72.8 Å². The first-order chi connectivity index (χ1) is 17.9. The molecule has 0 bridgehead atoms. The molecular formula is C32H34Cl2N2O. The van der Waals surface area contributed by atoms with E-state index in [0.717, 1.165) is 55.6 Å². The van der Waals surface area contributed by atoms with Crippen LogP contribution >= 0.6 is 23.2 Å². The van der Waals surface area contributed by atoms with Gasteiger partial charge in [0.15, 0.2) is 0 Å². The second kappa shape index (κ2) is 11.0. The molecule has 1 aliphatic heterocycles. The van der Waals surface area contributed by atoms with Crippen LogP contribution < -0.4 is 0 Å². The van der Waals surface area contributed by atoms with Gasteiger partial charge in [-0.25, -0.2) is 0 Å². The zero-order chi connectivity index (χ0) is 26.0. The first kappa shape index (κ1) is 26.0. The van der Waals surface area contributed by atoms with Crippen molar-refractivity contribution in [1.82, 2.24) is 9.80 Å². The van der Waals surface area contributed by atoms with E-state index >= 15 is 0 Å². The van der Waals surface area contributed by atoms with Crippen LogP contribution in [0.25, 0.3) is 6.08 Å². The second-order valence-electron chi connectivity index (χ2n) is 10.6. The lowest BCUT2D eigenvalue weighted by Crippen LogP contribution is -2.42. The molecule has 5 rings (SSSR count). The fourth-order valence-corrected chi connectivity index (χ4v) is 6.25.